The fraction of sp³-hybridized carbons (Fsp3) is 0.407. The molecule has 188 valence electrons. The highest BCUT2D eigenvalue weighted by molar-refractivity contribution is 5.95. The van der Waals surface area contributed by atoms with Crippen LogP contribution >= 0.6 is 0 Å². The number of nitrogens with one attached hydrogen (secondary N) is 4. The molecule has 0 unspecified atom stereocenters. The van der Waals surface area contributed by atoms with Crippen molar-refractivity contribution in [2.45, 2.75) is 59.8 Å². The summed E-state index contributed by atoms with van der Waals surface area (Å²) in [6, 6.07) is 13.9. The van der Waals surface area contributed by atoms with Gasteiger partial charge in [0, 0.05) is 48.4 Å². The molecular weight excluding hydrogens is 444 g/mol. The highest BCUT2D eigenvalue weighted by Gasteiger charge is 2.09. The van der Waals surface area contributed by atoms with E-state index in [0.717, 1.165) is 0 Å². The Hall–Kier alpha value is -3.68. The molecule has 2 aromatic rings. The summed E-state index contributed by atoms with van der Waals surface area (Å²) in [4.78, 5) is 48.0. The summed E-state index contributed by atoms with van der Waals surface area (Å²) in [5.74, 6) is 0.111. The summed E-state index contributed by atoms with van der Waals surface area (Å²) >= 11 is 0. The van der Waals surface area contributed by atoms with Crippen LogP contribution in [0.4, 0.5) is 22.7 Å². The third-order valence-corrected chi connectivity index (χ3v) is 4.90. The fourth-order valence-corrected chi connectivity index (χ4v) is 3.30. The highest BCUT2D eigenvalue weighted by atomic mass is 16.2. The van der Waals surface area contributed by atoms with Crippen LogP contribution in [0.5, 0.6) is 0 Å². The Kier molecular flexibility index (Phi) is 10.9. The zero-order chi connectivity index (χ0) is 25.8. The van der Waals surface area contributed by atoms with Gasteiger partial charge in [-0.25, -0.2) is 0 Å². The van der Waals surface area contributed by atoms with Crippen molar-refractivity contribution in [1.82, 2.24) is 0 Å². The molecular formula is C27H36N4O4. The van der Waals surface area contributed by atoms with Crippen molar-refractivity contribution in [2.75, 3.05) is 21.3 Å². The average molecular weight is 481 g/mol. The van der Waals surface area contributed by atoms with E-state index in [9.17, 15) is 19.2 Å². The molecule has 0 heterocycles. The number of rotatable bonds is 12. The summed E-state index contributed by atoms with van der Waals surface area (Å²) in [6.07, 6.45) is 1.73. The second kappa shape index (κ2) is 13.9. The Morgan fingerprint density at radius 1 is 0.514 bits per heavy atom. The van der Waals surface area contributed by atoms with Gasteiger partial charge in [0.2, 0.25) is 23.6 Å². The van der Waals surface area contributed by atoms with Gasteiger partial charge in [0.15, 0.2) is 0 Å². The first-order valence-corrected chi connectivity index (χ1v) is 12.0. The molecule has 4 amide bonds. The van der Waals surface area contributed by atoms with Gasteiger partial charge in [-0.3, -0.25) is 19.2 Å². The van der Waals surface area contributed by atoms with Crippen LogP contribution in [0.2, 0.25) is 0 Å². The molecule has 0 aliphatic heterocycles. The van der Waals surface area contributed by atoms with E-state index in [-0.39, 0.29) is 48.3 Å². The fourth-order valence-electron chi connectivity index (χ4n) is 3.30. The van der Waals surface area contributed by atoms with Gasteiger partial charge in [0.05, 0.1) is 0 Å². The molecule has 8 heteroatoms. The van der Waals surface area contributed by atoms with Crippen molar-refractivity contribution in [2.24, 2.45) is 11.8 Å². The predicted molar refractivity (Wildman–Crippen MR) is 140 cm³/mol. The maximum atomic E-state index is 12.2. The van der Waals surface area contributed by atoms with Gasteiger partial charge in [-0.15, -0.1) is 0 Å². The molecule has 35 heavy (non-hydrogen) atoms. The van der Waals surface area contributed by atoms with Crippen LogP contribution in [0, 0.1) is 11.8 Å². The van der Waals surface area contributed by atoms with Crippen LogP contribution in [0.25, 0.3) is 0 Å². The number of anilines is 4. The Labute approximate surface area is 207 Å². The van der Waals surface area contributed by atoms with E-state index in [1.807, 2.05) is 27.7 Å². The molecule has 0 saturated heterocycles. The van der Waals surface area contributed by atoms with E-state index in [1.54, 1.807) is 48.5 Å². The number of carbonyl (C=O) groups excluding carboxylic acids is 4. The molecule has 0 bridgehead atoms. The van der Waals surface area contributed by atoms with Crippen molar-refractivity contribution in [3.05, 3.63) is 48.5 Å². The second-order valence-electron chi connectivity index (χ2n) is 9.40. The minimum atomic E-state index is -0.184. The van der Waals surface area contributed by atoms with Gasteiger partial charge in [0.25, 0.3) is 0 Å². The molecule has 0 aliphatic carbocycles. The number of hydrogen-bond donors (Lipinski definition) is 4. The zero-order valence-electron chi connectivity index (χ0n) is 20.9. The molecule has 0 aliphatic rings. The minimum absolute atomic E-state index is 0.0422. The minimum Gasteiger partial charge on any atom is -0.326 e. The smallest absolute Gasteiger partial charge is 0.224 e. The Morgan fingerprint density at radius 3 is 1.03 bits per heavy atom. The van der Waals surface area contributed by atoms with Crippen LogP contribution in [-0.2, 0) is 19.2 Å². The summed E-state index contributed by atoms with van der Waals surface area (Å²) < 4.78 is 0. The molecule has 0 fully saturated rings. The van der Waals surface area contributed by atoms with Gasteiger partial charge in [-0.1, -0.05) is 27.7 Å². The number of hydrogen-bond acceptors (Lipinski definition) is 4. The number of carbonyl (C=O) groups is 4. The Balaban J connectivity index is 1.69. The lowest BCUT2D eigenvalue weighted by atomic mass is 10.1. The SMILES string of the molecule is CC(C)CC(=O)Nc1ccc(NC(=O)CCCC(=O)Nc2ccc(NC(=O)CC(C)C)cc2)cc1. The van der Waals surface area contributed by atoms with Gasteiger partial charge >= 0.3 is 0 Å². The number of benzene rings is 2. The van der Waals surface area contributed by atoms with Crippen molar-refractivity contribution in [3.63, 3.8) is 0 Å². The maximum Gasteiger partial charge on any atom is 0.224 e. The van der Waals surface area contributed by atoms with E-state index >= 15 is 0 Å². The van der Waals surface area contributed by atoms with E-state index < -0.39 is 0 Å². The van der Waals surface area contributed by atoms with E-state index in [4.69, 9.17) is 0 Å². The van der Waals surface area contributed by atoms with E-state index in [2.05, 4.69) is 21.3 Å². The highest BCUT2D eigenvalue weighted by Crippen LogP contribution is 2.17. The van der Waals surface area contributed by atoms with E-state index in [1.165, 1.54) is 0 Å². The molecule has 4 N–H and O–H groups in total. The van der Waals surface area contributed by atoms with Crippen molar-refractivity contribution in [1.29, 1.82) is 0 Å². The van der Waals surface area contributed by atoms with Crippen molar-refractivity contribution in [3.8, 4) is 0 Å². The zero-order valence-corrected chi connectivity index (χ0v) is 20.9. The molecule has 8 nitrogen and oxygen atoms in total. The maximum absolute atomic E-state index is 12.2. The first-order valence-electron chi connectivity index (χ1n) is 12.0. The normalized spacial score (nSPS) is 10.7. The quantitative estimate of drug-likeness (QED) is 0.325. The summed E-state index contributed by atoms with van der Waals surface area (Å²) in [7, 11) is 0. The lowest BCUT2D eigenvalue weighted by Crippen LogP contribution is -2.15. The summed E-state index contributed by atoms with van der Waals surface area (Å²) in [6.45, 7) is 7.93. The topological polar surface area (TPSA) is 116 Å². The first kappa shape index (κ1) is 27.6. The van der Waals surface area contributed by atoms with Gasteiger partial charge in [0.1, 0.15) is 0 Å². The summed E-state index contributed by atoms with van der Waals surface area (Å²) in [5.41, 5.74) is 2.61. The van der Waals surface area contributed by atoms with Crippen LogP contribution in [0.3, 0.4) is 0 Å². The Morgan fingerprint density at radius 2 is 0.771 bits per heavy atom. The molecule has 0 radical (unpaired) electrons. The standard InChI is InChI=1S/C27H36N4O4/c1-18(2)16-26(34)30-22-12-8-20(9-13-22)28-24(32)6-5-7-25(33)29-21-10-14-23(15-11-21)31-27(35)17-19(3)4/h8-15,18-19H,5-7,16-17H2,1-4H3,(H,28,32)(H,29,33)(H,30,34)(H,31,35). The van der Waals surface area contributed by atoms with Gasteiger partial charge < -0.3 is 21.3 Å². The molecule has 0 atom stereocenters. The largest absolute Gasteiger partial charge is 0.326 e. The molecule has 0 spiro atoms. The molecule has 0 aromatic heterocycles. The molecule has 2 rings (SSSR count). The third kappa shape index (κ3) is 11.3. The van der Waals surface area contributed by atoms with Crippen molar-refractivity contribution < 1.29 is 19.2 Å². The predicted octanol–water partition coefficient (Wildman–Crippen LogP) is 5.40. The second-order valence-corrected chi connectivity index (χ2v) is 9.40. The van der Waals surface area contributed by atoms with Crippen LogP contribution in [0.15, 0.2) is 48.5 Å². The average Bonchev–Trinajstić information content (AvgIpc) is 2.75. The Bertz CT molecular complexity index is 917. The van der Waals surface area contributed by atoms with Gasteiger partial charge in [-0.05, 0) is 66.8 Å². The first-order chi connectivity index (χ1) is 16.6. The third-order valence-electron chi connectivity index (χ3n) is 4.90. The number of amides is 4. The van der Waals surface area contributed by atoms with Crippen LogP contribution < -0.4 is 21.3 Å². The van der Waals surface area contributed by atoms with Crippen LogP contribution in [-0.4, -0.2) is 23.6 Å². The lowest BCUT2D eigenvalue weighted by Gasteiger charge is -2.10. The molecule has 2 aromatic carbocycles. The summed E-state index contributed by atoms with van der Waals surface area (Å²) in [5, 5.41) is 11.2. The van der Waals surface area contributed by atoms with E-state index in [0.29, 0.717) is 42.0 Å². The lowest BCUT2D eigenvalue weighted by molar-refractivity contribution is -0.118. The van der Waals surface area contributed by atoms with Crippen LogP contribution in [0.1, 0.15) is 59.8 Å². The van der Waals surface area contributed by atoms with Gasteiger partial charge in [-0.2, -0.15) is 0 Å². The molecule has 0 saturated carbocycles. The monoisotopic (exact) mass is 480 g/mol. The van der Waals surface area contributed by atoms with Crippen molar-refractivity contribution >= 4 is 46.4 Å².